The van der Waals surface area contributed by atoms with E-state index >= 15 is 0 Å². The van der Waals surface area contributed by atoms with Gasteiger partial charge in [0, 0.05) is 19.5 Å². The smallest absolute Gasteiger partial charge is 0.287 e. The number of furan rings is 1. The van der Waals surface area contributed by atoms with Crippen molar-refractivity contribution in [3.63, 3.8) is 0 Å². The summed E-state index contributed by atoms with van der Waals surface area (Å²) in [7, 11) is 0. The minimum Gasteiger partial charge on any atom is -0.459 e. The van der Waals surface area contributed by atoms with Gasteiger partial charge in [-0.05, 0) is 28.1 Å². The Kier molecular flexibility index (Phi) is 5.71. The van der Waals surface area contributed by atoms with Crippen LogP contribution in [0.3, 0.4) is 0 Å². The van der Waals surface area contributed by atoms with Crippen LogP contribution in [-0.4, -0.2) is 45.1 Å². The van der Waals surface area contributed by atoms with Crippen LogP contribution in [0.15, 0.2) is 59.5 Å². The number of tetrazole rings is 1. The molecule has 2 N–H and O–H groups in total. The number of nitrogens with zero attached hydrogens (tertiary/aromatic N) is 4. The molecule has 0 bridgehead atoms. The largest absolute Gasteiger partial charge is 0.459 e. The van der Waals surface area contributed by atoms with E-state index in [-0.39, 0.29) is 30.7 Å². The molecule has 2 amide bonds. The molecule has 2 heterocycles. The van der Waals surface area contributed by atoms with Crippen LogP contribution in [-0.2, 0) is 11.2 Å². The average molecular weight is 354 g/mol. The number of benzene rings is 1. The molecule has 26 heavy (non-hydrogen) atoms. The van der Waals surface area contributed by atoms with E-state index < -0.39 is 6.04 Å². The molecule has 9 nitrogen and oxygen atoms in total. The second-order valence-corrected chi connectivity index (χ2v) is 5.52. The van der Waals surface area contributed by atoms with Gasteiger partial charge in [0.25, 0.3) is 5.91 Å². The van der Waals surface area contributed by atoms with E-state index in [4.69, 9.17) is 4.42 Å². The van der Waals surface area contributed by atoms with Crippen LogP contribution >= 0.6 is 0 Å². The lowest BCUT2D eigenvalue weighted by Crippen LogP contribution is -2.39. The van der Waals surface area contributed by atoms with E-state index in [0.717, 1.165) is 5.56 Å². The molecule has 1 atom stereocenters. The summed E-state index contributed by atoms with van der Waals surface area (Å²) >= 11 is 0. The van der Waals surface area contributed by atoms with Gasteiger partial charge < -0.3 is 15.1 Å². The normalized spacial score (nSPS) is 11.7. The van der Waals surface area contributed by atoms with Crippen molar-refractivity contribution in [2.24, 2.45) is 0 Å². The lowest BCUT2D eigenvalue weighted by Gasteiger charge is -2.16. The second-order valence-electron chi connectivity index (χ2n) is 5.52. The minimum atomic E-state index is -0.576. The Morgan fingerprint density at radius 1 is 1.08 bits per heavy atom. The number of aromatic nitrogens is 4. The maximum absolute atomic E-state index is 12.6. The zero-order chi connectivity index (χ0) is 18.2. The third-order valence-electron chi connectivity index (χ3n) is 3.71. The van der Waals surface area contributed by atoms with E-state index in [0.29, 0.717) is 6.42 Å². The molecule has 0 saturated heterocycles. The molecule has 0 radical (unpaired) electrons. The van der Waals surface area contributed by atoms with Gasteiger partial charge in [0.2, 0.25) is 5.91 Å². The van der Waals surface area contributed by atoms with Gasteiger partial charge in [0.1, 0.15) is 12.4 Å². The number of hydrogen-bond donors (Lipinski definition) is 2. The van der Waals surface area contributed by atoms with Crippen molar-refractivity contribution < 1.29 is 14.0 Å². The van der Waals surface area contributed by atoms with Gasteiger partial charge in [-0.1, -0.05) is 30.3 Å². The summed E-state index contributed by atoms with van der Waals surface area (Å²) in [6, 6.07) is 12.2. The molecular formula is C17H18N6O3. The molecule has 3 aromatic rings. The van der Waals surface area contributed by atoms with E-state index in [1.54, 1.807) is 12.1 Å². The van der Waals surface area contributed by atoms with Crippen molar-refractivity contribution in [1.82, 2.24) is 30.8 Å². The fourth-order valence-corrected chi connectivity index (χ4v) is 2.43. The van der Waals surface area contributed by atoms with Gasteiger partial charge in [-0.3, -0.25) is 9.59 Å². The molecule has 0 saturated carbocycles. The lowest BCUT2D eigenvalue weighted by atomic mass is 10.1. The van der Waals surface area contributed by atoms with E-state index in [1.165, 1.54) is 17.3 Å². The second kappa shape index (κ2) is 8.56. The van der Waals surface area contributed by atoms with Crippen LogP contribution in [0.2, 0.25) is 0 Å². The number of nitrogens with one attached hydrogen (secondary N) is 2. The van der Waals surface area contributed by atoms with E-state index in [2.05, 4.69) is 26.2 Å². The van der Waals surface area contributed by atoms with Gasteiger partial charge in [-0.15, -0.1) is 5.10 Å². The monoisotopic (exact) mass is 354 g/mol. The van der Waals surface area contributed by atoms with Crippen molar-refractivity contribution in [3.8, 4) is 0 Å². The highest BCUT2D eigenvalue weighted by molar-refractivity contribution is 5.91. The van der Waals surface area contributed by atoms with Crippen LogP contribution in [0.1, 0.15) is 22.2 Å². The number of amides is 2. The minimum absolute atomic E-state index is 0.228. The van der Waals surface area contributed by atoms with Crippen LogP contribution in [0.4, 0.5) is 0 Å². The fourth-order valence-electron chi connectivity index (χ4n) is 2.43. The van der Waals surface area contributed by atoms with E-state index in [9.17, 15) is 9.59 Å². The first-order valence-corrected chi connectivity index (χ1v) is 8.10. The molecule has 2 aromatic heterocycles. The van der Waals surface area contributed by atoms with Gasteiger partial charge >= 0.3 is 0 Å². The maximum atomic E-state index is 12.6. The van der Waals surface area contributed by atoms with Gasteiger partial charge in [0.15, 0.2) is 5.76 Å². The standard InChI is InChI=1S/C17H18N6O3/c24-16(18-8-9-19-17(25)15-7-4-10-26-15)14(23-12-20-21-22-23)11-13-5-2-1-3-6-13/h1-7,10,12,14H,8-9,11H2,(H,18,24)(H,19,25). The van der Waals surface area contributed by atoms with Crippen molar-refractivity contribution in [2.75, 3.05) is 13.1 Å². The van der Waals surface area contributed by atoms with Crippen molar-refractivity contribution in [3.05, 3.63) is 66.4 Å². The Balaban J connectivity index is 1.53. The summed E-state index contributed by atoms with van der Waals surface area (Å²) in [6.07, 6.45) is 3.29. The third-order valence-corrected chi connectivity index (χ3v) is 3.71. The predicted molar refractivity (Wildman–Crippen MR) is 91.1 cm³/mol. The van der Waals surface area contributed by atoms with Gasteiger partial charge in [0.05, 0.1) is 6.26 Å². The Hall–Kier alpha value is -3.49. The summed E-state index contributed by atoms with van der Waals surface area (Å²) in [5.41, 5.74) is 0.995. The molecule has 1 unspecified atom stereocenters. The van der Waals surface area contributed by atoms with Gasteiger partial charge in [-0.2, -0.15) is 0 Å². The van der Waals surface area contributed by atoms with Crippen LogP contribution in [0.25, 0.3) is 0 Å². The highest BCUT2D eigenvalue weighted by Gasteiger charge is 2.22. The Bertz CT molecular complexity index is 818. The van der Waals surface area contributed by atoms with Gasteiger partial charge in [-0.25, -0.2) is 4.68 Å². The first-order chi connectivity index (χ1) is 12.7. The van der Waals surface area contributed by atoms with E-state index in [1.807, 2.05) is 30.3 Å². The number of carbonyl (C=O) groups excluding carboxylic acids is 2. The summed E-state index contributed by atoms with van der Waals surface area (Å²) in [6.45, 7) is 0.553. The molecule has 0 spiro atoms. The topological polar surface area (TPSA) is 115 Å². The zero-order valence-corrected chi connectivity index (χ0v) is 13.9. The van der Waals surface area contributed by atoms with Crippen molar-refractivity contribution in [2.45, 2.75) is 12.5 Å². The average Bonchev–Trinajstić information content (AvgIpc) is 3.37. The van der Waals surface area contributed by atoms with Crippen molar-refractivity contribution >= 4 is 11.8 Å². The molecule has 134 valence electrons. The Morgan fingerprint density at radius 3 is 2.58 bits per heavy atom. The number of carbonyl (C=O) groups is 2. The molecule has 0 fully saturated rings. The molecule has 1 aromatic carbocycles. The van der Waals surface area contributed by atoms with Crippen molar-refractivity contribution in [1.29, 1.82) is 0 Å². The summed E-state index contributed by atoms with van der Waals surface area (Å²) < 4.78 is 6.42. The summed E-state index contributed by atoms with van der Waals surface area (Å²) in [5, 5.41) is 16.5. The maximum Gasteiger partial charge on any atom is 0.287 e. The molecular weight excluding hydrogens is 336 g/mol. The third kappa shape index (κ3) is 4.53. The SMILES string of the molecule is O=C(NCCNC(=O)C(Cc1ccccc1)n1cnnn1)c1ccco1. The Labute approximate surface area is 149 Å². The fraction of sp³-hybridized carbons (Fsp3) is 0.235. The predicted octanol–water partition coefficient (Wildman–Crippen LogP) is 0.596. The zero-order valence-electron chi connectivity index (χ0n) is 13.9. The number of rotatable bonds is 8. The first-order valence-electron chi connectivity index (χ1n) is 8.10. The molecule has 0 aliphatic heterocycles. The lowest BCUT2D eigenvalue weighted by molar-refractivity contribution is -0.124. The molecule has 9 heteroatoms. The molecule has 0 aliphatic carbocycles. The highest BCUT2D eigenvalue weighted by Crippen LogP contribution is 2.13. The molecule has 3 rings (SSSR count). The first kappa shape index (κ1) is 17.3. The summed E-state index contributed by atoms with van der Waals surface area (Å²) in [4.78, 5) is 24.3. The molecule has 0 aliphatic rings. The summed E-state index contributed by atoms with van der Waals surface area (Å²) in [5.74, 6) is -0.328. The van der Waals surface area contributed by atoms with Crippen LogP contribution < -0.4 is 10.6 Å². The van der Waals surface area contributed by atoms with Crippen LogP contribution in [0, 0.1) is 0 Å². The number of hydrogen-bond acceptors (Lipinski definition) is 6. The van der Waals surface area contributed by atoms with Crippen LogP contribution in [0.5, 0.6) is 0 Å². The highest BCUT2D eigenvalue weighted by atomic mass is 16.3. The quantitative estimate of drug-likeness (QED) is 0.572. The Morgan fingerprint density at radius 2 is 1.88 bits per heavy atom.